The molecule has 7 nitrogen and oxygen atoms in total. The summed E-state index contributed by atoms with van der Waals surface area (Å²) in [5.74, 6) is -0.0714. The quantitative estimate of drug-likeness (QED) is 0.572. The number of fused-ring (bicyclic) bond motifs is 1. The summed E-state index contributed by atoms with van der Waals surface area (Å²) in [6.07, 6.45) is 4.72. The lowest BCUT2D eigenvalue weighted by Crippen LogP contribution is -2.38. The molecule has 1 aromatic carbocycles. The molecule has 1 amide bonds. The third-order valence-corrected chi connectivity index (χ3v) is 5.95. The number of likely N-dealkylation sites (tertiary alicyclic amines) is 1. The smallest absolute Gasteiger partial charge is 0.251 e. The summed E-state index contributed by atoms with van der Waals surface area (Å²) in [5.41, 5.74) is 5.21. The number of aromatic nitrogens is 2. The number of amides is 1. The highest BCUT2D eigenvalue weighted by molar-refractivity contribution is 5.94. The normalized spacial score (nSPS) is 15.2. The predicted molar refractivity (Wildman–Crippen MR) is 123 cm³/mol. The fourth-order valence-corrected chi connectivity index (χ4v) is 4.11. The minimum Gasteiger partial charge on any atom is -0.382 e. The van der Waals surface area contributed by atoms with Gasteiger partial charge >= 0.3 is 0 Å². The average Bonchev–Trinajstić information content (AvgIpc) is 2.80. The molecule has 0 bridgehead atoms. The molecule has 0 unspecified atom stereocenters. The van der Waals surface area contributed by atoms with Crippen LogP contribution in [-0.2, 0) is 13.0 Å². The van der Waals surface area contributed by atoms with Gasteiger partial charge in [0.1, 0.15) is 0 Å². The maximum Gasteiger partial charge on any atom is 0.251 e. The maximum absolute atomic E-state index is 12.1. The Hall–Kier alpha value is -3.19. The second kappa shape index (κ2) is 9.31. The molecule has 31 heavy (non-hydrogen) atoms. The topological polar surface area (TPSA) is 90.1 Å². The van der Waals surface area contributed by atoms with Gasteiger partial charge in [-0.1, -0.05) is 6.92 Å². The van der Waals surface area contributed by atoms with E-state index in [9.17, 15) is 9.59 Å². The van der Waals surface area contributed by atoms with Crippen LogP contribution in [0.2, 0.25) is 0 Å². The van der Waals surface area contributed by atoms with Gasteiger partial charge in [-0.25, -0.2) is 0 Å². The lowest BCUT2D eigenvalue weighted by atomic mass is 10.0. The number of anilines is 1. The molecule has 3 aromatic rings. The number of hydrogen-bond donors (Lipinski definition) is 3. The molecule has 1 aliphatic rings. The molecule has 3 N–H and O–H groups in total. The monoisotopic (exact) mass is 419 g/mol. The summed E-state index contributed by atoms with van der Waals surface area (Å²) < 4.78 is 0. The molecule has 0 aliphatic carbocycles. The van der Waals surface area contributed by atoms with E-state index in [4.69, 9.17) is 0 Å². The van der Waals surface area contributed by atoms with Crippen molar-refractivity contribution in [1.82, 2.24) is 20.2 Å². The fourth-order valence-electron chi connectivity index (χ4n) is 4.11. The molecule has 7 heteroatoms. The van der Waals surface area contributed by atoms with Crippen LogP contribution in [0.4, 0.5) is 5.69 Å². The van der Waals surface area contributed by atoms with Gasteiger partial charge in [-0.15, -0.1) is 0 Å². The van der Waals surface area contributed by atoms with E-state index in [-0.39, 0.29) is 11.5 Å². The number of piperidine rings is 1. The van der Waals surface area contributed by atoms with E-state index >= 15 is 0 Å². The third-order valence-electron chi connectivity index (χ3n) is 5.95. The van der Waals surface area contributed by atoms with E-state index in [1.807, 2.05) is 49.5 Å². The Bertz CT molecular complexity index is 1120. The van der Waals surface area contributed by atoms with Crippen molar-refractivity contribution in [3.05, 3.63) is 69.6 Å². The Morgan fingerprint density at radius 3 is 2.61 bits per heavy atom. The minimum atomic E-state index is -0.0714. The van der Waals surface area contributed by atoms with Crippen molar-refractivity contribution in [2.75, 3.05) is 25.5 Å². The highest BCUT2D eigenvalue weighted by Gasteiger charge is 2.19. The lowest BCUT2D eigenvalue weighted by molar-refractivity contribution is 0.0963. The van der Waals surface area contributed by atoms with Crippen LogP contribution in [0.3, 0.4) is 0 Å². The van der Waals surface area contributed by atoms with Crippen LogP contribution < -0.4 is 16.2 Å². The Morgan fingerprint density at radius 2 is 1.94 bits per heavy atom. The standard InChI is InChI=1S/C24H29N5O2/c1-3-17-13-21-22(28-24(17)31)12-16(14-26-21)15-29-10-8-20(9-11-29)27-19-6-4-18(5-7-19)23(30)25-2/h4-7,12-14,20,27H,3,8-11,15H2,1-2H3,(H,25,30)(H,28,31). The van der Waals surface area contributed by atoms with E-state index in [1.54, 1.807) is 7.05 Å². The molecule has 0 spiro atoms. The Kier molecular flexibility index (Phi) is 6.32. The lowest BCUT2D eigenvalue weighted by Gasteiger charge is -2.32. The molecule has 3 heterocycles. The summed E-state index contributed by atoms with van der Waals surface area (Å²) >= 11 is 0. The van der Waals surface area contributed by atoms with Crippen molar-refractivity contribution in [3.8, 4) is 0 Å². The summed E-state index contributed by atoms with van der Waals surface area (Å²) in [4.78, 5) is 33.7. The zero-order chi connectivity index (χ0) is 21.8. The van der Waals surface area contributed by atoms with Gasteiger partial charge in [0, 0.05) is 55.7 Å². The zero-order valence-electron chi connectivity index (χ0n) is 18.1. The Labute approximate surface area is 181 Å². The van der Waals surface area contributed by atoms with Crippen LogP contribution in [0.1, 0.15) is 41.3 Å². The second-order valence-corrected chi connectivity index (χ2v) is 8.10. The van der Waals surface area contributed by atoms with Gasteiger partial charge in [-0.2, -0.15) is 0 Å². The zero-order valence-corrected chi connectivity index (χ0v) is 18.1. The summed E-state index contributed by atoms with van der Waals surface area (Å²) in [6, 6.07) is 12.0. The van der Waals surface area contributed by atoms with E-state index < -0.39 is 0 Å². The number of pyridine rings is 2. The van der Waals surface area contributed by atoms with E-state index in [2.05, 4.69) is 25.5 Å². The fraction of sp³-hybridized carbons (Fsp3) is 0.375. The highest BCUT2D eigenvalue weighted by atomic mass is 16.1. The van der Waals surface area contributed by atoms with E-state index in [0.29, 0.717) is 18.0 Å². The van der Waals surface area contributed by atoms with Gasteiger partial charge in [0.15, 0.2) is 0 Å². The largest absolute Gasteiger partial charge is 0.382 e. The van der Waals surface area contributed by atoms with Crippen LogP contribution in [0.25, 0.3) is 11.0 Å². The molecule has 0 atom stereocenters. The summed E-state index contributed by atoms with van der Waals surface area (Å²) in [5, 5.41) is 6.22. The van der Waals surface area contributed by atoms with Gasteiger partial charge in [0.25, 0.3) is 11.5 Å². The number of carbonyl (C=O) groups is 1. The molecule has 0 radical (unpaired) electrons. The molecule has 4 rings (SSSR count). The number of nitrogens with one attached hydrogen (secondary N) is 3. The minimum absolute atomic E-state index is 0.0239. The maximum atomic E-state index is 12.1. The van der Waals surface area contributed by atoms with Crippen LogP contribution >= 0.6 is 0 Å². The first-order chi connectivity index (χ1) is 15.1. The van der Waals surface area contributed by atoms with Gasteiger partial charge in [0.05, 0.1) is 11.0 Å². The molecule has 1 fully saturated rings. The van der Waals surface area contributed by atoms with Crippen molar-refractivity contribution in [3.63, 3.8) is 0 Å². The van der Waals surface area contributed by atoms with Gasteiger partial charge in [-0.3, -0.25) is 19.5 Å². The first-order valence-electron chi connectivity index (χ1n) is 10.9. The number of carbonyl (C=O) groups excluding carboxylic acids is 1. The molecular formula is C24H29N5O2. The molecule has 162 valence electrons. The van der Waals surface area contributed by atoms with Gasteiger partial charge in [-0.05, 0) is 61.2 Å². The van der Waals surface area contributed by atoms with Crippen LogP contribution in [0.15, 0.2) is 47.4 Å². The number of hydrogen-bond acceptors (Lipinski definition) is 5. The first-order valence-corrected chi connectivity index (χ1v) is 10.9. The van der Waals surface area contributed by atoms with Crippen molar-refractivity contribution < 1.29 is 4.79 Å². The Balaban J connectivity index is 1.33. The number of nitrogens with zero attached hydrogens (tertiary/aromatic N) is 2. The van der Waals surface area contributed by atoms with Gasteiger partial charge in [0.2, 0.25) is 0 Å². The number of aromatic amines is 1. The highest BCUT2D eigenvalue weighted by Crippen LogP contribution is 2.20. The van der Waals surface area contributed by atoms with E-state index in [1.165, 1.54) is 0 Å². The summed E-state index contributed by atoms with van der Waals surface area (Å²) in [6.45, 7) is 4.80. The van der Waals surface area contributed by atoms with Crippen LogP contribution in [-0.4, -0.2) is 47.0 Å². The number of benzene rings is 1. The molecule has 1 aliphatic heterocycles. The van der Waals surface area contributed by atoms with Crippen molar-refractivity contribution in [2.45, 2.75) is 38.8 Å². The Morgan fingerprint density at radius 1 is 1.19 bits per heavy atom. The molecule has 0 saturated carbocycles. The van der Waals surface area contributed by atoms with Crippen LogP contribution in [0.5, 0.6) is 0 Å². The number of aryl methyl sites for hydroxylation is 1. The third kappa shape index (κ3) is 4.94. The molecule has 1 saturated heterocycles. The SMILES string of the molecule is CCc1cc2ncc(CN3CCC(Nc4ccc(C(=O)NC)cc4)CC3)cc2[nH]c1=O. The van der Waals surface area contributed by atoms with Crippen molar-refractivity contribution in [1.29, 1.82) is 0 Å². The number of rotatable bonds is 6. The number of H-pyrrole nitrogens is 1. The van der Waals surface area contributed by atoms with Crippen molar-refractivity contribution in [2.24, 2.45) is 0 Å². The molecule has 2 aromatic heterocycles. The second-order valence-electron chi connectivity index (χ2n) is 8.10. The predicted octanol–water partition coefficient (Wildman–Crippen LogP) is 2.92. The van der Waals surface area contributed by atoms with Crippen molar-refractivity contribution >= 4 is 22.6 Å². The molecular weight excluding hydrogens is 390 g/mol. The van der Waals surface area contributed by atoms with E-state index in [0.717, 1.165) is 60.3 Å². The van der Waals surface area contributed by atoms with Gasteiger partial charge < -0.3 is 15.6 Å². The summed E-state index contributed by atoms with van der Waals surface area (Å²) in [7, 11) is 1.64. The first kappa shape index (κ1) is 21.1. The van der Waals surface area contributed by atoms with Crippen LogP contribution in [0, 0.1) is 0 Å². The average molecular weight is 420 g/mol.